The Morgan fingerprint density at radius 3 is 2.00 bits per heavy atom. The van der Waals surface area contributed by atoms with E-state index in [1.54, 1.807) is 30.3 Å². The van der Waals surface area contributed by atoms with Gasteiger partial charge in [-0.2, -0.15) is 0 Å². The molecule has 0 fully saturated rings. The number of nitrogens with two attached hydrogens (primary N) is 1. The molecule has 0 spiro atoms. The Morgan fingerprint density at radius 2 is 1.44 bits per heavy atom. The molecule has 9 nitrogen and oxygen atoms in total. The van der Waals surface area contributed by atoms with Crippen LogP contribution in [0.15, 0.2) is 51.7 Å². The number of phenolic OH excluding ortho intramolecular Hbond substituents is 2. The molecule has 0 unspecified atom stereocenters. The molecule has 0 atom stereocenters. The van der Waals surface area contributed by atoms with E-state index in [9.17, 15) is 15.0 Å². The molecule has 9 heteroatoms. The van der Waals surface area contributed by atoms with Crippen LogP contribution in [0, 0.1) is 0 Å². The van der Waals surface area contributed by atoms with Crippen LogP contribution in [0.4, 0.5) is 5.69 Å². The van der Waals surface area contributed by atoms with Crippen LogP contribution in [0.1, 0.15) is 0 Å². The molecule has 0 aliphatic heterocycles. The highest BCUT2D eigenvalue weighted by Crippen LogP contribution is 2.44. The summed E-state index contributed by atoms with van der Waals surface area (Å²) >= 11 is 0. The zero-order valence-electron chi connectivity index (χ0n) is 19.0. The quantitative estimate of drug-likeness (QED) is 0.359. The Bertz CT molecular complexity index is 1430. The maximum atomic E-state index is 13.7. The van der Waals surface area contributed by atoms with Crippen LogP contribution >= 0.6 is 0 Å². The zero-order chi connectivity index (χ0) is 24.6. The van der Waals surface area contributed by atoms with E-state index in [4.69, 9.17) is 29.1 Å². The second-order valence-corrected chi connectivity index (χ2v) is 7.34. The monoisotopic (exact) mass is 465 g/mol. The largest absolute Gasteiger partial charge is 0.508 e. The van der Waals surface area contributed by atoms with Gasteiger partial charge in [-0.3, -0.25) is 4.79 Å². The van der Waals surface area contributed by atoms with Crippen molar-refractivity contribution in [2.75, 3.05) is 34.2 Å². The first-order valence-corrected chi connectivity index (χ1v) is 10.1. The first-order valence-electron chi connectivity index (χ1n) is 10.1. The molecule has 0 saturated heterocycles. The van der Waals surface area contributed by atoms with Crippen LogP contribution in [0.25, 0.3) is 33.4 Å². The van der Waals surface area contributed by atoms with Crippen LogP contribution in [-0.2, 0) is 0 Å². The van der Waals surface area contributed by atoms with Gasteiger partial charge >= 0.3 is 0 Å². The predicted octanol–water partition coefficient (Wildman–Crippen LogP) is 4.15. The molecular formula is C25H23NO8. The summed E-state index contributed by atoms with van der Waals surface area (Å²) in [6.45, 7) is 0. The molecule has 4 N–H and O–H groups in total. The normalized spacial score (nSPS) is 10.8. The van der Waals surface area contributed by atoms with Gasteiger partial charge in [0.15, 0.2) is 11.5 Å². The first kappa shape index (κ1) is 22.7. The van der Waals surface area contributed by atoms with Crippen molar-refractivity contribution in [2.45, 2.75) is 0 Å². The fourth-order valence-electron chi connectivity index (χ4n) is 3.85. The number of aromatic hydroxyl groups is 2. The number of hydrogen-bond acceptors (Lipinski definition) is 9. The number of nitrogen functional groups attached to an aromatic ring is 1. The lowest BCUT2D eigenvalue weighted by molar-refractivity contribution is 0.324. The van der Waals surface area contributed by atoms with E-state index < -0.39 is 11.2 Å². The zero-order valence-corrected chi connectivity index (χ0v) is 19.0. The molecule has 0 aliphatic rings. The summed E-state index contributed by atoms with van der Waals surface area (Å²) in [5, 5.41) is 20.3. The Hall–Kier alpha value is -4.53. The number of ether oxygens (including phenoxy) is 4. The number of anilines is 1. The molecule has 176 valence electrons. The number of phenols is 2. The maximum Gasteiger partial charge on any atom is 0.204 e. The van der Waals surface area contributed by atoms with Gasteiger partial charge in [-0.1, -0.05) is 0 Å². The van der Waals surface area contributed by atoms with E-state index in [-0.39, 0.29) is 28.0 Å². The Morgan fingerprint density at radius 1 is 0.794 bits per heavy atom. The molecule has 4 aromatic rings. The lowest BCUT2D eigenvalue weighted by Gasteiger charge is -2.16. The Labute approximate surface area is 194 Å². The summed E-state index contributed by atoms with van der Waals surface area (Å²) in [6.07, 6.45) is 0. The second-order valence-electron chi connectivity index (χ2n) is 7.34. The summed E-state index contributed by atoms with van der Waals surface area (Å²) < 4.78 is 27.6. The fourth-order valence-corrected chi connectivity index (χ4v) is 3.85. The number of methoxy groups -OCH3 is 4. The molecule has 1 aromatic heterocycles. The fraction of sp³-hybridized carbons (Fsp3) is 0.160. The molecular weight excluding hydrogens is 442 g/mol. The third-order valence-electron chi connectivity index (χ3n) is 5.40. The van der Waals surface area contributed by atoms with Gasteiger partial charge in [0.2, 0.25) is 11.2 Å². The van der Waals surface area contributed by atoms with Gasteiger partial charge in [-0.05, 0) is 35.9 Å². The van der Waals surface area contributed by atoms with E-state index in [1.807, 2.05) is 0 Å². The minimum atomic E-state index is -0.530. The predicted molar refractivity (Wildman–Crippen MR) is 127 cm³/mol. The molecule has 0 amide bonds. The minimum Gasteiger partial charge on any atom is -0.508 e. The number of fused-ring (bicyclic) bond motifs is 1. The SMILES string of the molecule is COc1ccc(-c2oc3cc(O)cc(O)c3c(=O)c2-c2cc(OC)c(OC)c(OC)c2)cc1N. The Kier molecular flexibility index (Phi) is 5.85. The number of rotatable bonds is 6. The highest BCUT2D eigenvalue weighted by atomic mass is 16.5. The summed E-state index contributed by atoms with van der Waals surface area (Å²) in [5.74, 6) is 0.939. The number of benzene rings is 3. The lowest BCUT2D eigenvalue weighted by atomic mass is 9.97. The molecule has 34 heavy (non-hydrogen) atoms. The average molecular weight is 465 g/mol. The third-order valence-corrected chi connectivity index (χ3v) is 5.40. The summed E-state index contributed by atoms with van der Waals surface area (Å²) in [7, 11) is 5.89. The summed E-state index contributed by atoms with van der Waals surface area (Å²) in [5.41, 5.74) is 6.90. The molecule has 1 heterocycles. The Balaban J connectivity index is 2.14. The van der Waals surface area contributed by atoms with Gasteiger partial charge in [0.1, 0.15) is 34.0 Å². The van der Waals surface area contributed by atoms with Crippen molar-refractivity contribution < 1.29 is 33.6 Å². The molecule has 4 rings (SSSR count). The van der Waals surface area contributed by atoms with Crippen molar-refractivity contribution in [2.24, 2.45) is 0 Å². The van der Waals surface area contributed by atoms with E-state index in [0.29, 0.717) is 39.8 Å². The van der Waals surface area contributed by atoms with Gasteiger partial charge in [0.05, 0.1) is 39.7 Å². The van der Waals surface area contributed by atoms with Crippen LogP contribution in [0.5, 0.6) is 34.5 Å². The average Bonchev–Trinajstić information content (AvgIpc) is 2.82. The van der Waals surface area contributed by atoms with Crippen LogP contribution in [0.2, 0.25) is 0 Å². The van der Waals surface area contributed by atoms with Gasteiger partial charge in [-0.15, -0.1) is 0 Å². The van der Waals surface area contributed by atoms with E-state index in [1.165, 1.54) is 34.5 Å². The third kappa shape index (κ3) is 3.66. The highest BCUT2D eigenvalue weighted by molar-refractivity contribution is 5.94. The summed E-state index contributed by atoms with van der Waals surface area (Å²) in [6, 6.07) is 10.5. The molecule has 0 saturated carbocycles. The minimum absolute atomic E-state index is 0.00285. The van der Waals surface area contributed by atoms with Crippen LogP contribution in [-0.4, -0.2) is 38.7 Å². The standard InChI is InChI=1S/C25H23NO8/c1-30-17-6-5-12(7-15(17)26)24-21(13-8-19(31-2)25(33-4)20(9-13)32-3)23(29)22-16(28)10-14(27)11-18(22)34-24/h5-11,27-28H,26H2,1-4H3. The highest BCUT2D eigenvalue weighted by Gasteiger charge is 2.24. The van der Waals surface area contributed by atoms with Crippen molar-refractivity contribution in [1.29, 1.82) is 0 Å². The van der Waals surface area contributed by atoms with Gasteiger partial charge in [0.25, 0.3) is 0 Å². The first-order chi connectivity index (χ1) is 16.3. The topological polar surface area (TPSA) is 134 Å². The van der Waals surface area contributed by atoms with Crippen molar-refractivity contribution in [3.63, 3.8) is 0 Å². The molecule has 0 aliphatic carbocycles. The van der Waals surface area contributed by atoms with Gasteiger partial charge in [-0.25, -0.2) is 0 Å². The van der Waals surface area contributed by atoms with E-state index >= 15 is 0 Å². The van der Waals surface area contributed by atoms with Crippen LogP contribution in [0.3, 0.4) is 0 Å². The van der Waals surface area contributed by atoms with E-state index in [2.05, 4.69) is 0 Å². The van der Waals surface area contributed by atoms with Crippen molar-refractivity contribution in [1.82, 2.24) is 0 Å². The van der Waals surface area contributed by atoms with Gasteiger partial charge < -0.3 is 39.3 Å². The van der Waals surface area contributed by atoms with Crippen LogP contribution < -0.4 is 30.1 Å². The maximum absolute atomic E-state index is 13.7. The smallest absolute Gasteiger partial charge is 0.204 e. The van der Waals surface area contributed by atoms with Crippen molar-refractivity contribution in [3.8, 4) is 56.9 Å². The van der Waals surface area contributed by atoms with Crippen molar-refractivity contribution in [3.05, 3.63) is 52.7 Å². The van der Waals surface area contributed by atoms with Gasteiger partial charge in [0, 0.05) is 17.7 Å². The summed E-state index contributed by atoms with van der Waals surface area (Å²) in [4.78, 5) is 13.7. The second kappa shape index (κ2) is 8.78. The van der Waals surface area contributed by atoms with E-state index in [0.717, 1.165) is 6.07 Å². The molecule has 0 radical (unpaired) electrons. The van der Waals surface area contributed by atoms with Crippen molar-refractivity contribution >= 4 is 16.7 Å². The molecule has 0 bridgehead atoms. The lowest BCUT2D eigenvalue weighted by Crippen LogP contribution is -2.08. The molecule has 3 aromatic carbocycles. The number of hydrogen-bond donors (Lipinski definition) is 3.